The number of nitrogens with zero attached hydrogens (tertiary/aromatic N) is 3. The maximum absolute atomic E-state index is 12.7. The fourth-order valence-electron chi connectivity index (χ4n) is 1.65. The molecule has 0 atom stereocenters. The lowest BCUT2D eigenvalue weighted by molar-refractivity contribution is 0.332. The van der Waals surface area contributed by atoms with Crippen LogP contribution in [0.1, 0.15) is 0 Å². The van der Waals surface area contributed by atoms with Crippen molar-refractivity contribution in [3.8, 4) is 5.75 Å². The third-order valence-electron chi connectivity index (χ3n) is 2.58. The summed E-state index contributed by atoms with van der Waals surface area (Å²) in [5.41, 5.74) is 0. The largest absolute Gasteiger partial charge is 0.492 e. The molecular formula is C14H17FN4O. The molecule has 6 heteroatoms. The summed E-state index contributed by atoms with van der Waals surface area (Å²) in [6.07, 6.45) is 3.28. The zero-order valence-electron chi connectivity index (χ0n) is 11.5. The summed E-state index contributed by atoms with van der Waals surface area (Å²) in [5, 5.41) is 3.16. The summed E-state index contributed by atoms with van der Waals surface area (Å²) in [4.78, 5) is 10.4. The van der Waals surface area contributed by atoms with Gasteiger partial charge in [-0.05, 0) is 24.3 Å². The lowest BCUT2D eigenvalue weighted by Crippen LogP contribution is -2.17. The summed E-state index contributed by atoms with van der Waals surface area (Å²) in [7, 11) is 3.81. The van der Waals surface area contributed by atoms with Crippen LogP contribution in [-0.4, -0.2) is 37.2 Å². The number of hydrogen-bond acceptors (Lipinski definition) is 5. The molecule has 5 nitrogen and oxygen atoms in total. The molecule has 1 heterocycles. The van der Waals surface area contributed by atoms with E-state index >= 15 is 0 Å². The van der Waals surface area contributed by atoms with E-state index in [-0.39, 0.29) is 5.82 Å². The van der Waals surface area contributed by atoms with E-state index in [1.807, 2.05) is 19.0 Å². The van der Waals surface area contributed by atoms with E-state index in [9.17, 15) is 4.39 Å². The van der Waals surface area contributed by atoms with Crippen molar-refractivity contribution in [3.63, 3.8) is 0 Å². The molecule has 0 amide bonds. The molecule has 0 aliphatic rings. The second-order valence-corrected chi connectivity index (χ2v) is 4.35. The van der Waals surface area contributed by atoms with Crippen LogP contribution < -0.4 is 15.0 Å². The first-order chi connectivity index (χ1) is 9.66. The van der Waals surface area contributed by atoms with Gasteiger partial charge in [0.25, 0.3) is 0 Å². The quantitative estimate of drug-likeness (QED) is 0.819. The van der Waals surface area contributed by atoms with Gasteiger partial charge in [0.1, 0.15) is 18.2 Å². The van der Waals surface area contributed by atoms with E-state index in [4.69, 9.17) is 4.74 Å². The first-order valence-electron chi connectivity index (χ1n) is 6.27. The molecule has 0 saturated carbocycles. The van der Waals surface area contributed by atoms with Gasteiger partial charge in [0.2, 0.25) is 0 Å². The van der Waals surface area contributed by atoms with Gasteiger partial charge in [-0.3, -0.25) is 0 Å². The lowest BCUT2D eigenvalue weighted by Gasteiger charge is -2.15. The van der Waals surface area contributed by atoms with Crippen molar-refractivity contribution in [1.29, 1.82) is 0 Å². The smallest absolute Gasteiger partial charge is 0.171 e. The number of anilines is 2. The molecule has 0 aliphatic carbocycles. The molecule has 1 aromatic carbocycles. The van der Waals surface area contributed by atoms with E-state index in [0.29, 0.717) is 24.7 Å². The lowest BCUT2D eigenvalue weighted by atomic mass is 10.3. The maximum Gasteiger partial charge on any atom is 0.171 e. The van der Waals surface area contributed by atoms with Crippen molar-refractivity contribution < 1.29 is 9.13 Å². The maximum atomic E-state index is 12.7. The summed E-state index contributed by atoms with van der Waals surface area (Å²) >= 11 is 0. The highest BCUT2D eigenvalue weighted by molar-refractivity contribution is 5.59. The zero-order valence-corrected chi connectivity index (χ0v) is 11.5. The van der Waals surface area contributed by atoms with Gasteiger partial charge in [-0.2, -0.15) is 0 Å². The fourth-order valence-corrected chi connectivity index (χ4v) is 1.65. The summed E-state index contributed by atoms with van der Waals surface area (Å²) < 4.78 is 18.2. The van der Waals surface area contributed by atoms with E-state index in [0.717, 1.165) is 5.82 Å². The van der Waals surface area contributed by atoms with Gasteiger partial charge in [-0.1, -0.05) is 0 Å². The first-order valence-corrected chi connectivity index (χ1v) is 6.27. The Morgan fingerprint density at radius 1 is 1.15 bits per heavy atom. The second-order valence-electron chi connectivity index (χ2n) is 4.35. The Hall–Kier alpha value is -2.37. The standard InChI is InChI=1S/C14H17FN4O/c1-19(2)14-13(16-7-8-18-14)17-9-10-20-12-5-3-11(15)4-6-12/h3-8H,9-10H2,1-2H3,(H,16,17). The van der Waals surface area contributed by atoms with Gasteiger partial charge in [-0.15, -0.1) is 0 Å². The molecule has 0 bridgehead atoms. The Morgan fingerprint density at radius 2 is 1.85 bits per heavy atom. The van der Waals surface area contributed by atoms with Crippen LogP contribution in [0.5, 0.6) is 5.75 Å². The topological polar surface area (TPSA) is 50.3 Å². The van der Waals surface area contributed by atoms with Crippen LogP contribution in [0.15, 0.2) is 36.7 Å². The zero-order chi connectivity index (χ0) is 14.4. The molecule has 0 aliphatic heterocycles. The average Bonchev–Trinajstić information content (AvgIpc) is 2.46. The van der Waals surface area contributed by atoms with E-state index < -0.39 is 0 Å². The molecule has 2 aromatic rings. The first kappa shape index (κ1) is 14.0. The number of rotatable bonds is 6. The van der Waals surface area contributed by atoms with Crippen LogP contribution in [0.25, 0.3) is 0 Å². The Labute approximate surface area is 117 Å². The number of hydrogen-bond donors (Lipinski definition) is 1. The summed E-state index contributed by atoms with van der Waals surface area (Å²) in [5.74, 6) is 1.85. The predicted octanol–water partition coefficient (Wildman–Crippen LogP) is 2.17. The highest BCUT2D eigenvalue weighted by atomic mass is 19.1. The third-order valence-corrected chi connectivity index (χ3v) is 2.58. The van der Waals surface area contributed by atoms with Crippen LogP contribution in [0, 0.1) is 5.82 Å². The fraction of sp³-hybridized carbons (Fsp3) is 0.286. The molecule has 0 spiro atoms. The number of aromatic nitrogens is 2. The molecule has 0 unspecified atom stereocenters. The molecule has 0 radical (unpaired) electrons. The van der Waals surface area contributed by atoms with Crippen molar-refractivity contribution >= 4 is 11.6 Å². The van der Waals surface area contributed by atoms with Crippen molar-refractivity contribution in [1.82, 2.24) is 9.97 Å². The molecule has 0 fully saturated rings. The van der Waals surface area contributed by atoms with Crippen molar-refractivity contribution in [2.75, 3.05) is 37.5 Å². The second kappa shape index (κ2) is 6.70. The molecule has 20 heavy (non-hydrogen) atoms. The number of ether oxygens (including phenoxy) is 1. The number of benzene rings is 1. The highest BCUT2D eigenvalue weighted by Gasteiger charge is 2.05. The van der Waals surface area contributed by atoms with Crippen LogP contribution in [-0.2, 0) is 0 Å². The highest BCUT2D eigenvalue weighted by Crippen LogP contribution is 2.16. The predicted molar refractivity (Wildman–Crippen MR) is 76.7 cm³/mol. The minimum atomic E-state index is -0.273. The normalized spacial score (nSPS) is 10.2. The molecule has 106 valence electrons. The van der Waals surface area contributed by atoms with Gasteiger partial charge >= 0.3 is 0 Å². The Morgan fingerprint density at radius 3 is 2.55 bits per heavy atom. The molecule has 0 saturated heterocycles. The van der Waals surface area contributed by atoms with E-state index in [1.165, 1.54) is 12.1 Å². The van der Waals surface area contributed by atoms with Gasteiger partial charge in [-0.25, -0.2) is 14.4 Å². The molecule has 2 rings (SSSR count). The van der Waals surface area contributed by atoms with Crippen LogP contribution in [0.4, 0.5) is 16.0 Å². The van der Waals surface area contributed by atoms with Crippen LogP contribution in [0.2, 0.25) is 0 Å². The summed E-state index contributed by atoms with van der Waals surface area (Å²) in [6.45, 7) is 1.03. The minimum absolute atomic E-state index is 0.273. The van der Waals surface area contributed by atoms with E-state index in [2.05, 4.69) is 15.3 Å². The Balaban J connectivity index is 1.83. The van der Waals surface area contributed by atoms with Crippen LogP contribution in [0.3, 0.4) is 0 Å². The third kappa shape index (κ3) is 3.81. The van der Waals surface area contributed by atoms with E-state index in [1.54, 1.807) is 24.5 Å². The van der Waals surface area contributed by atoms with Gasteiger partial charge < -0.3 is 15.0 Å². The van der Waals surface area contributed by atoms with Gasteiger partial charge in [0.05, 0.1) is 6.54 Å². The molecule has 1 aromatic heterocycles. The Kier molecular flexibility index (Phi) is 4.70. The molecule has 1 N–H and O–H groups in total. The monoisotopic (exact) mass is 276 g/mol. The van der Waals surface area contributed by atoms with Gasteiger partial charge in [0.15, 0.2) is 11.6 Å². The SMILES string of the molecule is CN(C)c1nccnc1NCCOc1ccc(F)cc1. The molecular weight excluding hydrogens is 259 g/mol. The van der Waals surface area contributed by atoms with Crippen molar-refractivity contribution in [2.24, 2.45) is 0 Å². The number of halogens is 1. The van der Waals surface area contributed by atoms with Crippen molar-refractivity contribution in [3.05, 3.63) is 42.5 Å². The minimum Gasteiger partial charge on any atom is -0.492 e. The van der Waals surface area contributed by atoms with Crippen molar-refractivity contribution in [2.45, 2.75) is 0 Å². The summed E-state index contributed by atoms with van der Waals surface area (Å²) in [6, 6.07) is 5.94. The van der Waals surface area contributed by atoms with Crippen LogP contribution >= 0.6 is 0 Å². The number of nitrogens with one attached hydrogen (secondary N) is 1. The Bertz CT molecular complexity index is 545. The van der Waals surface area contributed by atoms with Gasteiger partial charge in [0, 0.05) is 26.5 Å². The average molecular weight is 276 g/mol.